The lowest BCUT2D eigenvalue weighted by atomic mass is 10.1. The largest absolute Gasteiger partial charge is 0.279 e. The standard InChI is InChI=1S/C31H37N3O3S2/c1-4-7-21-33(22-8-5-2)39(36,37)27-19-17-26(18-20-27)30(35)34(23-24-13-10-9-11-14-24)31-32-29-25(6-3)15-12-16-28(29)38-31/h9-20H,4-8,21-23H2,1-3H3. The molecule has 0 aliphatic carbocycles. The third-order valence-corrected chi connectivity index (χ3v) is 9.75. The molecule has 1 aromatic heterocycles. The fraction of sp³-hybridized carbons (Fsp3) is 0.355. The monoisotopic (exact) mass is 563 g/mol. The highest BCUT2D eigenvalue weighted by molar-refractivity contribution is 7.89. The van der Waals surface area contributed by atoms with Crippen LogP contribution in [0.15, 0.2) is 77.7 Å². The van der Waals surface area contributed by atoms with Crippen molar-refractivity contribution >= 4 is 42.6 Å². The summed E-state index contributed by atoms with van der Waals surface area (Å²) in [5, 5.41) is 0.627. The Bertz CT molecular complexity index is 1470. The number of carbonyl (C=O) groups is 1. The topological polar surface area (TPSA) is 70.6 Å². The van der Waals surface area contributed by atoms with Gasteiger partial charge >= 0.3 is 0 Å². The zero-order valence-electron chi connectivity index (χ0n) is 23.0. The Morgan fingerprint density at radius 2 is 1.51 bits per heavy atom. The van der Waals surface area contributed by atoms with Crippen molar-refractivity contribution in [2.45, 2.75) is 64.3 Å². The highest BCUT2D eigenvalue weighted by Crippen LogP contribution is 2.33. The molecule has 0 saturated heterocycles. The summed E-state index contributed by atoms with van der Waals surface area (Å²) in [7, 11) is -3.64. The van der Waals surface area contributed by atoms with Crippen molar-refractivity contribution in [2.75, 3.05) is 18.0 Å². The van der Waals surface area contributed by atoms with Crippen molar-refractivity contribution in [2.24, 2.45) is 0 Å². The normalized spacial score (nSPS) is 11.8. The summed E-state index contributed by atoms with van der Waals surface area (Å²) in [6.07, 6.45) is 4.34. The molecule has 0 bridgehead atoms. The van der Waals surface area contributed by atoms with Crippen molar-refractivity contribution in [3.05, 3.63) is 89.5 Å². The molecule has 0 unspecified atom stereocenters. The molecule has 6 nitrogen and oxygen atoms in total. The maximum absolute atomic E-state index is 13.9. The number of nitrogens with zero attached hydrogens (tertiary/aromatic N) is 3. The number of rotatable bonds is 13. The maximum Gasteiger partial charge on any atom is 0.260 e. The molecule has 8 heteroatoms. The van der Waals surface area contributed by atoms with Crippen LogP contribution in [0.2, 0.25) is 0 Å². The average Bonchev–Trinajstić information content (AvgIpc) is 3.40. The summed E-state index contributed by atoms with van der Waals surface area (Å²) in [6, 6.07) is 22.3. The van der Waals surface area contributed by atoms with E-state index in [0.717, 1.165) is 53.4 Å². The number of amides is 1. The van der Waals surface area contributed by atoms with Gasteiger partial charge in [-0.25, -0.2) is 13.4 Å². The lowest BCUT2D eigenvalue weighted by Crippen LogP contribution is -2.33. The number of para-hydroxylation sites is 1. The number of aromatic nitrogens is 1. The van der Waals surface area contributed by atoms with Gasteiger partial charge in [0.05, 0.1) is 21.7 Å². The number of benzene rings is 3. The number of unbranched alkanes of at least 4 members (excludes halogenated alkanes) is 2. The van der Waals surface area contributed by atoms with E-state index in [1.165, 1.54) is 11.3 Å². The lowest BCUT2D eigenvalue weighted by molar-refractivity contribution is 0.0985. The summed E-state index contributed by atoms with van der Waals surface area (Å²) in [6.45, 7) is 7.58. The summed E-state index contributed by atoms with van der Waals surface area (Å²) in [5.74, 6) is -0.214. The van der Waals surface area contributed by atoms with E-state index in [0.29, 0.717) is 30.3 Å². The van der Waals surface area contributed by atoms with Gasteiger partial charge in [-0.05, 0) is 60.7 Å². The molecule has 0 radical (unpaired) electrons. The maximum atomic E-state index is 13.9. The summed E-state index contributed by atoms with van der Waals surface area (Å²) in [5.41, 5.74) is 3.48. The molecule has 0 aliphatic rings. The van der Waals surface area contributed by atoms with E-state index in [1.54, 1.807) is 33.5 Å². The van der Waals surface area contributed by atoms with Crippen molar-refractivity contribution in [3.8, 4) is 0 Å². The van der Waals surface area contributed by atoms with Gasteiger partial charge in [0, 0.05) is 18.7 Å². The molecule has 0 N–H and O–H groups in total. The first-order chi connectivity index (χ1) is 18.9. The van der Waals surface area contributed by atoms with Crippen LogP contribution in [-0.2, 0) is 23.0 Å². The first-order valence-corrected chi connectivity index (χ1v) is 16.0. The Balaban J connectivity index is 1.66. The Morgan fingerprint density at radius 1 is 0.846 bits per heavy atom. The minimum absolute atomic E-state index is 0.214. The third-order valence-electron chi connectivity index (χ3n) is 6.79. The first-order valence-electron chi connectivity index (χ1n) is 13.7. The van der Waals surface area contributed by atoms with E-state index >= 15 is 0 Å². The van der Waals surface area contributed by atoms with Gasteiger partial charge < -0.3 is 0 Å². The predicted molar refractivity (Wildman–Crippen MR) is 161 cm³/mol. The van der Waals surface area contributed by atoms with E-state index in [2.05, 4.69) is 26.8 Å². The van der Waals surface area contributed by atoms with Crippen molar-refractivity contribution in [3.63, 3.8) is 0 Å². The van der Waals surface area contributed by atoms with Crippen LogP contribution in [0.25, 0.3) is 10.2 Å². The Kier molecular flexibility index (Phi) is 9.88. The van der Waals surface area contributed by atoms with Gasteiger partial charge in [-0.1, -0.05) is 87.4 Å². The minimum Gasteiger partial charge on any atom is -0.279 e. The van der Waals surface area contributed by atoms with Crippen LogP contribution in [0.3, 0.4) is 0 Å². The van der Waals surface area contributed by atoms with Gasteiger partial charge in [-0.3, -0.25) is 9.69 Å². The Morgan fingerprint density at radius 3 is 2.13 bits per heavy atom. The lowest BCUT2D eigenvalue weighted by Gasteiger charge is -2.23. The number of sulfonamides is 1. The second-order valence-electron chi connectivity index (χ2n) is 9.63. The van der Waals surface area contributed by atoms with E-state index in [4.69, 9.17) is 4.98 Å². The summed E-state index contributed by atoms with van der Waals surface area (Å²) in [4.78, 5) is 20.7. The fourth-order valence-electron chi connectivity index (χ4n) is 4.48. The Hall–Kier alpha value is -3.07. The number of thiazole rings is 1. The number of carbonyl (C=O) groups excluding carboxylic acids is 1. The van der Waals surface area contributed by atoms with Crippen LogP contribution >= 0.6 is 11.3 Å². The van der Waals surface area contributed by atoms with Crippen LogP contribution in [0.5, 0.6) is 0 Å². The Labute approximate surface area is 236 Å². The summed E-state index contributed by atoms with van der Waals surface area (Å²) < 4.78 is 29.4. The van der Waals surface area contributed by atoms with Crippen molar-refractivity contribution < 1.29 is 13.2 Å². The molecule has 0 saturated carbocycles. The van der Waals surface area contributed by atoms with Crippen LogP contribution in [0.4, 0.5) is 5.13 Å². The summed E-state index contributed by atoms with van der Waals surface area (Å²) >= 11 is 1.50. The fourth-order valence-corrected chi connectivity index (χ4v) is 7.01. The SMILES string of the molecule is CCCCN(CCCC)S(=O)(=O)c1ccc(C(=O)N(Cc2ccccc2)c2nc3c(CC)cccc3s2)cc1. The quantitative estimate of drug-likeness (QED) is 0.171. The average molecular weight is 564 g/mol. The van der Waals surface area contributed by atoms with Crippen molar-refractivity contribution in [1.82, 2.24) is 9.29 Å². The molecule has 4 aromatic rings. The number of anilines is 1. The second-order valence-corrected chi connectivity index (χ2v) is 12.6. The molecule has 0 aliphatic heterocycles. The molecule has 39 heavy (non-hydrogen) atoms. The molecule has 4 rings (SSSR count). The van der Waals surface area contributed by atoms with Gasteiger partial charge in [0.15, 0.2) is 5.13 Å². The molecule has 0 fully saturated rings. The molecule has 1 amide bonds. The van der Waals surface area contributed by atoms with Crippen LogP contribution < -0.4 is 4.90 Å². The van der Waals surface area contributed by atoms with Crippen LogP contribution in [0.1, 0.15) is 67.9 Å². The van der Waals surface area contributed by atoms with Crippen LogP contribution in [-0.4, -0.2) is 36.7 Å². The van der Waals surface area contributed by atoms with E-state index in [-0.39, 0.29) is 10.8 Å². The molecule has 0 atom stereocenters. The van der Waals surface area contributed by atoms with E-state index in [1.807, 2.05) is 42.5 Å². The van der Waals surface area contributed by atoms with Crippen LogP contribution in [0, 0.1) is 0 Å². The molecular weight excluding hydrogens is 526 g/mol. The number of hydrogen-bond acceptors (Lipinski definition) is 5. The molecule has 0 spiro atoms. The third kappa shape index (κ3) is 6.75. The van der Waals surface area contributed by atoms with Gasteiger partial charge in [0.1, 0.15) is 0 Å². The van der Waals surface area contributed by atoms with E-state index < -0.39 is 10.0 Å². The zero-order chi connectivity index (χ0) is 27.8. The van der Waals surface area contributed by atoms with Gasteiger partial charge in [0.2, 0.25) is 10.0 Å². The molecule has 3 aromatic carbocycles. The van der Waals surface area contributed by atoms with E-state index in [9.17, 15) is 13.2 Å². The second kappa shape index (κ2) is 13.3. The van der Waals surface area contributed by atoms with Gasteiger partial charge in [-0.2, -0.15) is 4.31 Å². The number of hydrogen-bond donors (Lipinski definition) is 0. The first kappa shape index (κ1) is 28.9. The van der Waals surface area contributed by atoms with Crippen molar-refractivity contribution in [1.29, 1.82) is 0 Å². The minimum atomic E-state index is -3.64. The van der Waals surface area contributed by atoms with Gasteiger partial charge in [0.25, 0.3) is 5.91 Å². The zero-order valence-corrected chi connectivity index (χ0v) is 24.6. The highest BCUT2D eigenvalue weighted by atomic mass is 32.2. The highest BCUT2D eigenvalue weighted by Gasteiger charge is 2.26. The molecule has 1 heterocycles. The predicted octanol–water partition coefficient (Wildman–Crippen LogP) is 7.30. The van der Waals surface area contributed by atoms with Gasteiger partial charge in [-0.15, -0.1) is 0 Å². The smallest absolute Gasteiger partial charge is 0.260 e. The number of aryl methyl sites for hydroxylation is 1. The molecule has 206 valence electrons. The molecular formula is C31H37N3O3S2. The number of fused-ring (bicyclic) bond motifs is 1.